The minimum absolute atomic E-state index is 0.124. The molecule has 20 heavy (non-hydrogen) atoms. The van der Waals surface area contributed by atoms with Crippen LogP contribution in [-0.4, -0.2) is 11.4 Å². The summed E-state index contributed by atoms with van der Waals surface area (Å²) >= 11 is 1.39. The van der Waals surface area contributed by atoms with Gasteiger partial charge in [0.1, 0.15) is 6.10 Å². The topological polar surface area (TPSA) is 20.2 Å². The second-order valence-electron chi connectivity index (χ2n) is 4.23. The van der Waals surface area contributed by atoms with Crippen molar-refractivity contribution in [3.63, 3.8) is 0 Å². The van der Waals surface area contributed by atoms with E-state index in [1.807, 2.05) is 6.26 Å². The van der Waals surface area contributed by atoms with Crippen LogP contribution in [0.25, 0.3) is 0 Å². The van der Waals surface area contributed by atoms with Gasteiger partial charge in [-0.05, 0) is 29.5 Å². The maximum absolute atomic E-state index is 13.0. The van der Waals surface area contributed by atoms with Gasteiger partial charge >= 0.3 is 6.18 Å². The Hall–Kier alpha value is -1.46. The van der Waals surface area contributed by atoms with Gasteiger partial charge in [-0.25, -0.2) is 0 Å². The molecule has 0 heterocycles. The number of hydrogen-bond acceptors (Lipinski definition) is 2. The molecule has 0 bridgehead atoms. The SMILES string of the molecule is CSc1ccccc1C(O)c1ccccc1C(F)(F)F. The van der Waals surface area contributed by atoms with Gasteiger partial charge in [0.25, 0.3) is 0 Å². The molecule has 1 nitrogen and oxygen atoms in total. The molecule has 0 aromatic heterocycles. The first-order valence-electron chi connectivity index (χ1n) is 5.92. The van der Waals surface area contributed by atoms with Crippen LogP contribution in [0.1, 0.15) is 22.8 Å². The predicted octanol–water partition coefficient (Wildman–Crippen LogP) is 4.51. The van der Waals surface area contributed by atoms with E-state index < -0.39 is 17.8 Å². The standard InChI is InChI=1S/C15H13F3OS/c1-20-13-9-5-3-7-11(13)14(19)10-6-2-4-8-12(10)15(16,17)18/h2-9,14,19H,1H3. The highest BCUT2D eigenvalue weighted by Gasteiger charge is 2.35. The fraction of sp³-hybridized carbons (Fsp3) is 0.200. The Kier molecular flexibility index (Phi) is 4.40. The zero-order valence-corrected chi connectivity index (χ0v) is 11.5. The molecule has 0 aliphatic carbocycles. The van der Waals surface area contributed by atoms with Crippen molar-refractivity contribution in [1.29, 1.82) is 0 Å². The first-order chi connectivity index (χ1) is 9.45. The van der Waals surface area contributed by atoms with Gasteiger partial charge in [0.2, 0.25) is 0 Å². The van der Waals surface area contributed by atoms with Crippen LogP contribution in [0, 0.1) is 0 Å². The molecule has 2 rings (SSSR count). The third-order valence-corrected chi connectivity index (χ3v) is 3.81. The van der Waals surface area contributed by atoms with E-state index in [1.54, 1.807) is 24.3 Å². The Morgan fingerprint density at radius 3 is 2.10 bits per heavy atom. The van der Waals surface area contributed by atoms with Crippen molar-refractivity contribution in [1.82, 2.24) is 0 Å². The first-order valence-corrected chi connectivity index (χ1v) is 7.14. The number of aliphatic hydroxyl groups excluding tert-OH is 1. The molecule has 0 aliphatic heterocycles. The summed E-state index contributed by atoms with van der Waals surface area (Å²) in [5.41, 5.74) is -0.443. The average molecular weight is 298 g/mol. The van der Waals surface area contributed by atoms with E-state index >= 15 is 0 Å². The summed E-state index contributed by atoms with van der Waals surface area (Å²) in [6, 6.07) is 12.0. The molecule has 0 aliphatic rings. The first kappa shape index (κ1) is 14.9. The zero-order valence-electron chi connectivity index (χ0n) is 10.7. The molecule has 1 unspecified atom stereocenters. The van der Waals surface area contributed by atoms with Gasteiger partial charge in [-0.1, -0.05) is 36.4 Å². The van der Waals surface area contributed by atoms with Crippen LogP contribution < -0.4 is 0 Å². The summed E-state index contributed by atoms with van der Waals surface area (Å²) in [7, 11) is 0. The molecule has 0 radical (unpaired) electrons. The van der Waals surface area contributed by atoms with Crippen molar-refractivity contribution in [2.45, 2.75) is 17.2 Å². The number of alkyl halides is 3. The fourth-order valence-electron chi connectivity index (χ4n) is 2.05. The third kappa shape index (κ3) is 2.99. The molecule has 0 saturated heterocycles. The van der Waals surface area contributed by atoms with Crippen LogP contribution in [0.15, 0.2) is 53.4 Å². The Bertz CT molecular complexity index is 596. The van der Waals surface area contributed by atoms with Crippen molar-refractivity contribution < 1.29 is 18.3 Å². The largest absolute Gasteiger partial charge is 0.416 e. The van der Waals surface area contributed by atoms with Gasteiger partial charge in [-0.15, -0.1) is 11.8 Å². The second kappa shape index (κ2) is 5.89. The van der Waals surface area contributed by atoms with Crippen LogP contribution >= 0.6 is 11.8 Å². The molecule has 2 aromatic carbocycles. The lowest BCUT2D eigenvalue weighted by atomic mass is 9.96. The van der Waals surface area contributed by atoms with E-state index in [2.05, 4.69) is 0 Å². The van der Waals surface area contributed by atoms with Crippen molar-refractivity contribution in [2.75, 3.05) is 6.26 Å². The van der Waals surface area contributed by atoms with Crippen molar-refractivity contribution in [2.24, 2.45) is 0 Å². The molecule has 0 spiro atoms. The Labute approximate surface area is 119 Å². The van der Waals surface area contributed by atoms with Gasteiger partial charge in [-0.3, -0.25) is 0 Å². The quantitative estimate of drug-likeness (QED) is 0.841. The van der Waals surface area contributed by atoms with Gasteiger partial charge in [0.15, 0.2) is 0 Å². The van der Waals surface area contributed by atoms with Crippen LogP contribution in [-0.2, 0) is 6.18 Å². The highest BCUT2D eigenvalue weighted by atomic mass is 32.2. The molecule has 0 fully saturated rings. The zero-order chi connectivity index (χ0) is 14.8. The Morgan fingerprint density at radius 1 is 0.950 bits per heavy atom. The lowest BCUT2D eigenvalue weighted by Crippen LogP contribution is -2.13. The van der Waals surface area contributed by atoms with Gasteiger partial charge in [-0.2, -0.15) is 13.2 Å². The maximum atomic E-state index is 13.0. The lowest BCUT2D eigenvalue weighted by Gasteiger charge is -2.19. The molecular formula is C15H13F3OS. The highest BCUT2D eigenvalue weighted by molar-refractivity contribution is 7.98. The summed E-state index contributed by atoms with van der Waals surface area (Å²) in [6.07, 6.45) is -3.95. The number of benzene rings is 2. The fourth-order valence-corrected chi connectivity index (χ4v) is 2.68. The van der Waals surface area contributed by atoms with E-state index in [0.29, 0.717) is 5.56 Å². The van der Waals surface area contributed by atoms with E-state index in [4.69, 9.17) is 0 Å². The molecular weight excluding hydrogens is 285 g/mol. The number of aliphatic hydroxyl groups is 1. The third-order valence-electron chi connectivity index (χ3n) is 2.99. The van der Waals surface area contributed by atoms with Crippen LogP contribution in [0.5, 0.6) is 0 Å². The van der Waals surface area contributed by atoms with Gasteiger partial charge in [0.05, 0.1) is 5.56 Å². The molecule has 0 amide bonds. The monoisotopic (exact) mass is 298 g/mol. The van der Waals surface area contributed by atoms with Crippen molar-refractivity contribution >= 4 is 11.8 Å². The number of hydrogen-bond donors (Lipinski definition) is 1. The lowest BCUT2D eigenvalue weighted by molar-refractivity contribution is -0.139. The maximum Gasteiger partial charge on any atom is 0.416 e. The summed E-state index contributed by atoms with van der Waals surface area (Å²) in [5.74, 6) is 0. The van der Waals surface area contributed by atoms with E-state index in [-0.39, 0.29) is 5.56 Å². The van der Waals surface area contributed by atoms with Crippen LogP contribution in [0.2, 0.25) is 0 Å². The minimum Gasteiger partial charge on any atom is -0.384 e. The number of rotatable bonds is 3. The second-order valence-corrected chi connectivity index (χ2v) is 5.08. The molecule has 1 N–H and O–H groups in total. The molecule has 106 valence electrons. The smallest absolute Gasteiger partial charge is 0.384 e. The summed E-state index contributed by atoms with van der Waals surface area (Å²) < 4.78 is 39.0. The Balaban J connectivity index is 2.52. The Morgan fingerprint density at radius 2 is 1.50 bits per heavy atom. The van der Waals surface area contributed by atoms with E-state index in [9.17, 15) is 18.3 Å². The van der Waals surface area contributed by atoms with Crippen molar-refractivity contribution in [3.8, 4) is 0 Å². The van der Waals surface area contributed by atoms with Crippen LogP contribution in [0.4, 0.5) is 13.2 Å². The van der Waals surface area contributed by atoms with E-state index in [1.165, 1.54) is 30.0 Å². The van der Waals surface area contributed by atoms with Gasteiger partial charge < -0.3 is 5.11 Å². The summed E-state index contributed by atoms with van der Waals surface area (Å²) in [4.78, 5) is 0.761. The molecule has 0 saturated carbocycles. The minimum atomic E-state index is -4.48. The van der Waals surface area contributed by atoms with Crippen molar-refractivity contribution in [3.05, 3.63) is 65.2 Å². The van der Waals surface area contributed by atoms with Crippen LogP contribution in [0.3, 0.4) is 0 Å². The number of thioether (sulfide) groups is 1. The number of halogens is 3. The molecule has 2 aromatic rings. The molecule has 1 atom stereocenters. The summed E-state index contributed by atoms with van der Waals surface area (Å²) in [5, 5.41) is 10.3. The predicted molar refractivity (Wildman–Crippen MR) is 73.7 cm³/mol. The average Bonchev–Trinajstić information content (AvgIpc) is 2.45. The molecule has 5 heteroatoms. The summed E-state index contributed by atoms with van der Waals surface area (Å²) in [6.45, 7) is 0. The normalized spacial score (nSPS) is 13.2. The van der Waals surface area contributed by atoms with Gasteiger partial charge in [0, 0.05) is 4.90 Å². The van der Waals surface area contributed by atoms with E-state index in [0.717, 1.165) is 11.0 Å². The highest BCUT2D eigenvalue weighted by Crippen LogP contribution is 2.38.